The fraction of sp³-hybridized carbons (Fsp3) is 0.316. The van der Waals surface area contributed by atoms with E-state index in [0.29, 0.717) is 17.7 Å². The van der Waals surface area contributed by atoms with E-state index in [1.807, 2.05) is 18.4 Å². The van der Waals surface area contributed by atoms with Crippen LogP contribution in [0.15, 0.2) is 47.4 Å². The highest BCUT2D eigenvalue weighted by molar-refractivity contribution is 7.98. The van der Waals surface area contributed by atoms with Gasteiger partial charge in [0.15, 0.2) is 11.6 Å². The summed E-state index contributed by atoms with van der Waals surface area (Å²) in [5.41, 5.74) is 0.993. The SMILES string of the molecule is CSc1ccc(NC(=O)O[C@H](c2ccc(O)c(F)c2)[C@@H](C)CCO)cc1. The number of carbonyl (C=O) groups is 1. The highest BCUT2D eigenvalue weighted by Gasteiger charge is 2.24. The Morgan fingerprint density at radius 3 is 2.54 bits per heavy atom. The first-order chi connectivity index (χ1) is 12.4. The van der Waals surface area contributed by atoms with Gasteiger partial charge in [-0.2, -0.15) is 0 Å². The number of amides is 1. The number of thioether (sulfide) groups is 1. The van der Waals surface area contributed by atoms with Crippen molar-refractivity contribution in [2.45, 2.75) is 24.3 Å². The van der Waals surface area contributed by atoms with Crippen molar-refractivity contribution in [1.82, 2.24) is 0 Å². The van der Waals surface area contributed by atoms with E-state index in [2.05, 4.69) is 5.32 Å². The van der Waals surface area contributed by atoms with Crippen molar-refractivity contribution in [2.24, 2.45) is 5.92 Å². The van der Waals surface area contributed by atoms with Crippen molar-refractivity contribution in [3.8, 4) is 5.75 Å². The molecule has 0 radical (unpaired) electrons. The number of benzene rings is 2. The molecule has 0 fully saturated rings. The van der Waals surface area contributed by atoms with Crippen LogP contribution in [0, 0.1) is 11.7 Å². The predicted octanol–water partition coefficient (Wildman–Crippen LogP) is 4.56. The van der Waals surface area contributed by atoms with Gasteiger partial charge in [0.1, 0.15) is 6.10 Å². The van der Waals surface area contributed by atoms with Gasteiger partial charge < -0.3 is 14.9 Å². The minimum atomic E-state index is -0.791. The molecule has 0 aliphatic carbocycles. The molecule has 7 heteroatoms. The summed E-state index contributed by atoms with van der Waals surface area (Å²) in [5, 5.41) is 21.2. The second kappa shape index (κ2) is 9.45. The maximum atomic E-state index is 13.7. The molecule has 5 nitrogen and oxygen atoms in total. The fourth-order valence-electron chi connectivity index (χ4n) is 2.50. The molecule has 0 saturated carbocycles. The number of aromatic hydroxyl groups is 1. The van der Waals surface area contributed by atoms with Crippen molar-refractivity contribution >= 4 is 23.5 Å². The van der Waals surface area contributed by atoms with E-state index in [9.17, 15) is 19.4 Å². The number of aliphatic hydroxyl groups is 1. The first-order valence-corrected chi connectivity index (χ1v) is 9.38. The fourth-order valence-corrected chi connectivity index (χ4v) is 2.91. The smallest absolute Gasteiger partial charge is 0.412 e. The summed E-state index contributed by atoms with van der Waals surface area (Å²) in [5.74, 6) is -1.51. The van der Waals surface area contributed by atoms with Crippen LogP contribution < -0.4 is 5.32 Å². The molecule has 0 aliphatic heterocycles. The Hall–Kier alpha value is -2.25. The lowest BCUT2D eigenvalue weighted by Crippen LogP contribution is -2.22. The number of aliphatic hydroxyl groups excluding tert-OH is 1. The summed E-state index contributed by atoms with van der Waals surface area (Å²) < 4.78 is 19.2. The molecule has 0 saturated heterocycles. The number of carbonyl (C=O) groups excluding carboxylic acids is 1. The molecule has 26 heavy (non-hydrogen) atoms. The largest absolute Gasteiger partial charge is 0.505 e. The maximum Gasteiger partial charge on any atom is 0.412 e. The predicted molar refractivity (Wildman–Crippen MR) is 100.0 cm³/mol. The molecule has 3 N–H and O–H groups in total. The van der Waals surface area contributed by atoms with Crippen LogP contribution in [0.1, 0.15) is 25.0 Å². The number of rotatable bonds is 7. The molecule has 2 aromatic rings. The summed E-state index contributed by atoms with van der Waals surface area (Å²) in [7, 11) is 0. The molecule has 2 rings (SSSR count). The Morgan fingerprint density at radius 1 is 1.27 bits per heavy atom. The first kappa shape index (κ1) is 20.1. The average molecular weight is 379 g/mol. The number of phenols is 1. The van der Waals surface area contributed by atoms with Crippen LogP contribution in [-0.2, 0) is 4.74 Å². The molecule has 0 spiro atoms. The Labute approximate surface area is 156 Å². The lowest BCUT2D eigenvalue weighted by Gasteiger charge is -2.24. The molecule has 2 aromatic carbocycles. The van der Waals surface area contributed by atoms with Gasteiger partial charge in [0, 0.05) is 17.2 Å². The minimum Gasteiger partial charge on any atom is -0.505 e. The molecule has 0 unspecified atom stereocenters. The number of nitrogens with one attached hydrogen (secondary N) is 1. The summed E-state index contributed by atoms with van der Waals surface area (Å²) in [6.45, 7) is 1.71. The molecule has 0 heterocycles. The molecule has 0 bridgehead atoms. The van der Waals surface area contributed by atoms with Gasteiger partial charge in [0.2, 0.25) is 0 Å². The quantitative estimate of drug-likeness (QED) is 0.615. The number of halogens is 1. The van der Waals surface area contributed by atoms with Crippen LogP contribution in [-0.4, -0.2) is 29.2 Å². The van der Waals surface area contributed by atoms with Gasteiger partial charge in [-0.25, -0.2) is 9.18 Å². The van der Waals surface area contributed by atoms with E-state index in [1.165, 1.54) is 12.1 Å². The van der Waals surface area contributed by atoms with Crippen molar-refractivity contribution in [3.63, 3.8) is 0 Å². The van der Waals surface area contributed by atoms with E-state index in [4.69, 9.17) is 4.74 Å². The number of hydrogen-bond donors (Lipinski definition) is 3. The van der Waals surface area contributed by atoms with Crippen LogP contribution in [0.4, 0.5) is 14.9 Å². The van der Waals surface area contributed by atoms with Crippen molar-refractivity contribution < 1.29 is 24.1 Å². The summed E-state index contributed by atoms with van der Waals surface area (Å²) >= 11 is 1.59. The standard InChI is InChI=1S/C19H22FNO4S/c1-12(9-10-22)18(13-3-8-17(23)16(20)11-13)25-19(24)21-14-4-6-15(26-2)7-5-14/h3-8,11-12,18,22-23H,9-10H2,1-2H3,(H,21,24)/t12-,18-/m0/s1. The average Bonchev–Trinajstić information content (AvgIpc) is 2.63. The van der Waals surface area contributed by atoms with Crippen molar-refractivity contribution in [3.05, 3.63) is 53.8 Å². The highest BCUT2D eigenvalue weighted by Crippen LogP contribution is 2.31. The second-order valence-electron chi connectivity index (χ2n) is 5.88. The molecule has 140 valence electrons. The van der Waals surface area contributed by atoms with Crippen LogP contribution >= 0.6 is 11.8 Å². The van der Waals surface area contributed by atoms with Gasteiger partial charge in [0.05, 0.1) is 0 Å². The molecule has 1 amide bonds. The third-order valence-corrected chi connectivity index (χ3v) is 4.72. The molecular weight excluding hydrogens is 357 g/mol. The Morgan fingerprint density at radius 2 is 1.96 bits per heavy atom. The van der Waals surface area contributed by atoms with Crippen LogP contribution in [0.5, 0.6) is 5.75 Å². The molecular formula is C19H22FNO4S. The number of ether oxygens (including phenoxy) is 1. The zero-order valence-electron chi connectivity index (χ0n) is 14.6. The Balaban J connectivity index is 2.14. The highest BCUT2D eigenvalue weighted by atomic mass is 32.2. The van der Waals surface area contributed by atoms with Gasteiger partial charge >= 0.3 is 6.09 Å². The lowest BCUT2D eigenvalue weighted by atomic mass is 9.94. The number of hydrogen-bond acceptors (Lipinski definition) is 5. The monoisotopic (exact) mass is 379 g/mol. The molecule has 0 aromatic heterocycles. The normalized spacial score (nSPS) is 13.1. The van der Waals surface area contributed by atoms with E-state index in [0.717, 1.165) is 11.0 Å². The van der Waals surface area contributed by atoms with E-state index < -0.39 is 23.8 Å². The lowest BCUT2D eigenvalue weighted by molar-refractivity contribution is 0.0665. The van der Waals surface area contributed by atoms with Crippen LogP contribution in [0.25, 0.3) is 0 Å². The van der Waals surface area contributed by atoms with E-state index >= 15 is 0 Å². The number of phenolic OH excluding ortho intramolecular Hbond substituents is 1. The second-order valence-corrected chi connectivity index (χ2v) is 6.76. The molecule has 2 atom stereocenters. The van der Waals surface area contributed by atoms with Crippen molar-refractivity contribution in [1.29, 1.82) is 0 Å². The van der Waals surface area contributed by atoms with Crippen LogP contribution in [0.2, 0.25) is 0 Å². The van der Waals surface area contributed by atoms with E-state index in [-0.39, 0.29) is 12.5 Å². The zero-order valence-corrected chi connectivity index (χ0v) is 15.4. The van der Waals surface area contributed by atoms with Gasteiger partial charge in [-0.05, 0) is 60.6 Å². The first-order valence-electron chi connectivity index (χ1n) is 8.15. The maximum absolute atomic E-state index is 13.7. The molecule has 0 aliphatic rings. The van der Waals surface area contributed by atoms with E-state index in [1.54, 1.807) is 30.8 Å². The van der Waals surface area contributed by atoms with Gasteiger partial charge in [0.25, 0.3) is 0 Å². The Bertz CT molecular complexity index is 739. The summed E-state index contributed by atoms with van der Waals surface area (Å²) in [4.78, 5) is 13.3. The van der Waals surface area contributed by atoms with Gasteiger partial charge in [-0.1, -0.05) is 13.0 Å². The minimum absolute atomic E-state index is 0.0840. The summed E-state index contributed by atoms with van der Waals surface area (Å²) in [6, 6.07) is 11.1. The zero-order chi connectivity index (χ0) is 19.1. The third kappa shape index (κ3) is 5.37. The van der Waals surface area contributed by atoms with Gasteiger partial charge in [-0.3, -0.25) is 5.32 Å². The third-order valence-electron chi connectivity index (χ3n) is 3.97. The van der Waals surface area contributed by atoms with Crippen molar-refractivity contribution in [2.75, 3.05) is 18.2 Å². The summed E-state index contributed by atoms with van der Waals surface area (Å²) in [6.07, 6.45) is 0.900. The van der Waals surface area contributed by atoms with Gasteiger partial charge in [-0.15, -0.1) is 11.8 Å². The Kier molecular flexibility index (Phi) is 7.29. The topological polar surface area (TPSA) is 78.8 Å². The van der Waals surface area contributed by atoms with Crippen LogP contribution in [0.3, 0.4) is 0 Å². The number of anilines is 1.